The number of piperidine rings is 1. The van der Waals surface area contributed by atoms with E-state index in [1.165, 1.54) is 0 Å². The van der Waals surface area contributed by atoms with Gasteiger partial charge in [0.2, 0.25) is 11.8 Å². The number of rotatable bonds is 6. The van der Waals surface area contributed by atoms with E-state index in [2.05, 4.69) is 24.5 Å². The van der Waals surface area contributed by atoms with E-state index >= 15 is 0 Å². The highest BCUT2D eigenvalue weighted by Gasteiger charge is 2.44. The average Bonchev–Trinajstić information content (AvgIpc) is 2.89. The van der Waals surface area contributed by atoms with Gasteiger partial charge in [0.1, 0.15) is 6.04 Å². The molecule has 8 heteroatoms. The molecule has 0 bridgehead atoms. The number of carbonyl (C=O) groups is 4. The van der Waals surface area contributed by atoms with E-state index in [0.29, 0.717) is 12.5 Å². The van der Waals surface area contributed by atoms with Crippen LogP contribution in [0.5, 0.6) is 0 Å². The van der Waals surface area contributed by atoms with Gasteiger partial charge in [-0.2, -0.15) is 0 Å². The monoisotopic (exact) mass is 386 g/mol. The highest BCUT2D eigenvalue weighted by atomic mass is 16.2. The van der Waals surface area contributed by atoms with Crippen LogP contribution >= 0.6 is 0 Å². The number of nitrogens with two attached hydrogens (primary N) is 1. The Balaban J connectivity index is 1.75. The summed E-state index contributed by atoms with van der Waals surface area (Å²) < 4.78 is 0. The number of imide groups is 2. The lowest BCUT2D eigenvalue weighted by Gasteiger charge is -2.27. The highest BCUT2D eigenvalue weighted by Crippen LogP contribution is 2.28. The number of carbonyl (C=O) groups excluding carboxylic acids is 4. The molecule has 0 saturated carbocycles. The molecule has 3 unspecified atom stereocenters. The highest BCUT2D eigenvalue weighted by molar-refractivity contribution is 6.23. The number of fused-ring (bicyclic) bond motifs is 1. The van der Waals surface area contributed by atoms with Gasteiger partial charge in [0.15, 0.2) is 0 Å². The molecule has 1 fully saturated rings. The third kappa shape index (κ3) is 3.70. The van der Waals surface area contributed by atoms with Crippen LogP contribution in [0.2, 0.25) is 0 Å². The Morgan fingerprint density at radius 2 is 1.82 bits per heavy atom. The molecule has 4 amide bonds. The lowest BCUT2D eigenvalue weighted by atomic mass is 9.98. The third-order valence-electron chi connectivity index (χ3n) is 5.48. The molecule has 4 N–H and O–H groups in total. The first kappa shape index (κ1) is 20.2. The van der Waals surface area contributed by atoms with E-state index in [9.17, 15) is 19.2 Å². The predicted molar refractivity (Wildman–Crippen MR) is 102 cm³/mol. The molecule has 28 heavy (non-hydrogen) atoms. The van der Waals surface area contributed by atoms with Crippen LogP contribution in [0.25, 0.3) is 0 Å². The van der Waals surface area contributed by atoms with Crippen LogP contribution in [-0.2, 0) is 16.1 Å². The quantitative estimate of drug-likeness (QED) is 0.614. The zero-order valence-corrected chi connectivity index (χ0v) is 16.3. The van der Waals surface area contributed by atoms with Crippen molar-refractivity contribution in [2.45, 2.75) is 58.3 Å². The van der Waals surface area contributed by atoms with Gasteiger partial charge < -0.3 is 11.1 Å². The maximum Gasteiger partial charge on any atom is 0.262 e. The van der Waals surface area contributed by atoms with Crippen LogP contribution in [0.4, 0.5) is 0 Å². The SMILES string of the molecule is CC(C)C(N)C(C)NCc1ccc2c(c1)C(=O)N(C1CCC(=O)NC1=O)C2=O. The number of benzene rings is 1. The zero-order valence-electron chi connectivity index (χ0n) is 16.3. The summed E-state index contributed by atoms with van der Waals surface area (Å²) in [6.45, 7) is 6.64. The van der Waals surface area contributed by atoms with Crippen LogP contribution in [0.3, 0.4) is 0 Å². The van der Waals surface area contributed by atoms with Crippen molar-refractivity contribution in [1.29, 1.82) is 0 Å². The first-order chi connectivity index (χ1) is 13.2. The molecule has 8 nitrogen and oxygen atoms in total. The molecule has 1 aromatic carbocycles. The fourth-order valence-corrected chi connectivity index (χ4v) is 3.62. The summed E-state index contributed by atoms with van der Waals surface area (Å²) in [4.78, 5) is 49.9. The van der Waals surface area contributed by atoms with Crippen molar-refractivity contribution < 1.29 is 19.2 Å². The number of nitrogens with zero attached hydrogens (tertiary/aromatic N) is 1. The van der Waals surface area contributed by atoms with Crippen LogP contribution < -0.4 is 16.4 Å². The maximum absolute atomic E-state index is 12.8. The van der Waals surface area contributed by atoms with Crippen molar-refractivity contribution in [3.8, 4) is 0 Å². The summed E-state index contributed by atoms with van der Waals surface area (Å²) >= 11 is 0. The molecule has 1 saturated heterocycles. The van der Waals surface area contributed by atoms with Gasteiger partial charge in [0.25, 0.3) is 11.8 Å². The van der Waals surface area contributed by atoms with Crippen LogP contribution in [0.1, 0.15) is 59.9 Å². The normalized spacial score (nSPS) is 21.8. The predicted octanol–water partition coefficient (Wildman–Crippen LogP) is 0.549. The Morgan fingerprint density at radius 1 is 1.14 bits per heavy atom. The maximum atomic E-state index is 12.8. The second-order valence-corrected chi connectivity index (χ2v) is 7.82. The summed E-state index contributed by atoms with van der Waals surface area (Å²) in [5.74, 6) is -1.65. The average molecular weight is 386 g/mol. The van der Waals surface area contributed by atoms with Crippen molar-refractivity contribution in [1.82, 2.24) is 15.5 Å². The van der Waals surface area contributed by atoms with Crippen molar-refractivity contribution in [2.75, 3.05) is 0 Å². The van der Waals surface area contributed by atoms with Crippen LogP contribution in [0, 0.1) is 5.92 Å². The van der Waals surface area contributed by atoms with Gasteiger partial charge in [-0.3, -0.25) is 29.4 Å². The smallest absolute Gasteiger partial charge is 0.262 e. The van der Waals surface area contributed by atoms with Crippen molar-refractivity contribution in [3.63, 3.8) is 0 Å². The minimum absolute atomic E-state index is 0.000604. The van der Waals surface area contributed by atoms with Gasteiger partial charge in [-0.25, -0.2) is 0 Å². The molecule has 0 spiro atoms. The summed E-state index contributed by atoms with van der Waals surface area (Å²) in [7, 11) is 0. The van der Waals surface area contributed by atoms with Gasteiger partial charge >= 0.3 is 0 Å². The number of amides is 4. The first-order valence-electron chi connectivity index (χ1n) is 9.54. The second kappa shape index (κ2) is 7.81. The zero-order chi connectivity index (χ0) is 20.6. The molecule has 0 aromatic heterocycles. The van der Waals surface area contributed by atoms with Gasteiger partial charge in [-0.05, 0) is 37.0 Å². The Morgan fingerprint density at radius 3 is 2.46 bits per heavy atom. The topological polar surface area (TPSA) is 122 Å². The summed E-state index contributed by atoms with van der Waals surface area (Å²) in [6.07, 6.45) is 0.252. The fourth-order valence-electron chi connectivity index (χ4n) is 3.62. The van der Waals surface area contributed by atoms with E-state index in [0.717, 1.165) is 10.5 Å². The lowest BCUT2D eigenvalue weighted by Crippen LogP contribution is -2.54. The Labute approximate surface area is 163 Å². The standard InChI is InChI=1S/C20H26N4O4/c1-10(2)17(21)11(3)22-9-12-4-5-13-14(8-12)20(28)24(19(13)27)15-6-7-16(25)23-18(15)26/h4-5,8,10-11,15,17,22H,6-7,9,21H2,1-3H3,(H,23,25,26). The fraction of sp³-hybridized carbons (Fsp3) is 0.500. The van der Waals surface area contributed by atoms with Crippen molar-refractivity contribution >= 4 is 23.6 Å². The molecule has 150 valence electrons. The van der Waals surface area contributed by atoms with Gasteiger partial charge in [0, 0.05) is 25.0 Å². The number of hydrogen-bond donors (Lipinski definition) is 3. The Kier molecular flexibility index (Phi) is 5.62. The van der Waals surface area contributed by atoms with Gasteiger partial charge in [0.05, 0.1) is 11.1 Å². The van der Waals surface area contributed by atoms with Crippen LogP contribution in [0.15, 0.2) is 18.2 Å². The van der Waals surface area contributed by atoms with E-state index in [-0.39, 0.29) is 42.0 Å². The lowest BCUT2D eigenvalue weighted by molar-refractivity contribution is -0.136. The number of nitrogens with one attached hydrogen (secondary N) is 2. The summed E-state index contributed by atoms with van der Waals surface area (Å²) in [6, 6.07) is 4.23. The Bertz CT molecular complexity index is 835. The van der Waals surface area contributed by atoms with E-state index < -0.39 is 23.8 Å². The van der Waals surface area contributed by atoms with Crippen molar-refractivity contribution in [2.24, 2.45) is 11.7 Å². The molecule has 2 aliphatic rings. The van der Waals surface area contributed by atoms with E-state index in [4.69, 9.17) is 5.73 Å². The second-order valence-electron chi connectivity index (χ2n) is 7.82. The molecule has 3 atom stereocenters. The first-order valence-corrected chi connectivity index (χ1v) is 9.54. The molecule has 2 aliphatic heterocycles. The minimum atomic E-state index is -0.948. The van der Waals surface area contributed by atoms with Crippen LogP contribution in [-0.4, -0.2) is 46.7 Å². The molecule has 0 aliphatic carbocycles. The van der Waals surface area contributed by atoms with Crippen molar-refractivity contribution in [3.05, 3.63) is 34.9 Å². The summed E-state index contributed by atoms with van der Waals surface area (Å²) in [5, 5.41) is 5.54. The van der Waals surface area contributed by atoms with Gasteiger partial charge in [-0.1, -0.05) is 19.9 Å². The minimum Gasteiger partial charge on any atom is -0.326 e. The Hall–Kier alpha value is -2.58. The van der Waals surface area contributed by atoms with E-state index in [1.54, 1.807) is 18.2 Å². The molecule has 2 heterocycles. The largest absolute Gasteiger partial charge is 0.326 e. The molecular weight excluding hydrogens is 360 g/mol. The van der Waals surface area contributed by atoms with Gasteiger partial charge in [-0.15, -0.1) is 0 Å². The molecule has 1 aromatic rings. The van der Waals surface area contributed by atoms with E-state index in [1.807, 2.05) is 6.92 Å². The summed E-state index contributed by atoms with van der Waals surface area (Å²) in [5.41, 5.74) is 7.57. The number of hydrogen-bond acceptors (Lipinski definition) is 6. The third-order valence-corrected chi connectivity index (χ3v) is 5.48. The molecule has 0 radical (unpaired) electrons. The molecule has 3 rings (SSSR count). The molecular formula is C20H26N4O4.